The van der Waals surface area contributed by atoms with Crippen LogP contribution in [0.5, 0.6) is 0 Å². The molecule has 0 spiro atoms. The topological polar surface area (TPSA) is 48.5 Å². The van der Waals surface area contributed by atoms with Crippen LogP contribution in [0.4, 0.5) is 0 Å². The molecular weight excluding hydrogens is 587 g/mol. The summed E-state index contributed by atoms with van der Waals surface area (Å²) in [6, 6.07) is 57.1. The second kappa shape index (κ2) is 10.5. The SMILES string of the molecule is c1ccc(-c2nc(-c3ccccc3)nc(-n3c4ccccc4c4c5ccccc5c5c(c6ccccc6n5-c5ccccc5)c43)n2)cc1. The van der Waals surface area contributed by atoms with Gasteiger partial charge in [-0.1, -0.05) is 140 Å². The molecule has 0 saturated carbocycles. The van der Waals surface area contributed by atoms with Crippen molar-refractivity contribution in [2.24, 2.45) is 0 Å². The molecule has 5 nitrogen and oxygen atoms in total. The Bertz CT molecular complexity index is 2760. The van der Waals surface area contributed by atoms with Gasteiger partial charge in [0.15, 0.2) is 11.6 Å². The van der Waals surface area contributed by atoms with Crippen molar-refractivity contribution in [1.82, 2.24) is 24.1 Å². The number of benzene rings is 7. The lowest BCUT2D eigenvalue weighted by atomic mass is 9.99. The van der Waals surface area contributed by atoms with Gasteiger partial charge in [-0.25, -0.2) is 4.98 Å². The summed E-state index contributed by atoms with van der Waals surface area (Å²) in [4.78, 5) is 15.5. The number of nitrogens with zero attached hydrogens (tertiary/aromatic N) is 5. The first kappa shape index (κ1) is 26.6. The molecule has 0 amide bonds. The van der Waals surface area contributed by atoms with E-state index in [-0.39, 0.29) is 0 Å². The normalized spacial score (nSPS) is 11.8. The van der Waals surface area contributed by atoms with Gasteiger partial charge in [-0.15, -0.1) is 0 Å². The summed E-state index contributed by atoms with van der Waals surface area (Å²) in [5.74, 6) is 1.85. The molecule has 3 heterocycles. The van der Waals surface area contributed by atoms with Crippen molar-refractivity contribution < 1.29 is 0 Å². The fourth-order valence-corrected chi connectivity index (χ4v) is 7.34. The zero-order valence-electron chi connectivity index (χ0n) is 25.8. The van der Waals surface area contributed by atoms with Crippen LogP contribution < -0.4 is 0 Å². The lowest BCUT2D eigenvalue weighted by molar-refractivity contribution is 0.955. The first-order chi connectivity index (χ1) is 23.8. The van der Waals surface area contributed by atoms with Gasteiger partial charge in [0.05, 0.1) is 22.1 Å². The number of aromatic nitrogens is 5. The smallest absolute Gasteiger partial charge is 0.238 e. The number of rotatable bonds is 4. The van der Waals surface area contributed by atoms with E-state index in [2.05, 4.69) is 137 Å². The minimum Gasteiger partial charge on any atom is -0.309 e. The fraction of sp³-hybridized carbons (Fsp3) is 0. The largest absolute Gasteiger partial charge is 0.309 e. The molecule has 7 aromatic carbocycles. The Hall–Kier alpha value is -6.59. The Morgan fingerprint density at radius 2 is 0.792 bits per heavy atom. The molecule has 224 valence electrons. The molecule has 0 bridgehead atoms. The summed E-state index contributed by atoms with van der Waals surface area (Å²) >= 11 is 0. The van der Waals surface area contributed by atoms with E-state index in [9.17, 15) is 0 Å². The van der Waals surface area contributed by atoms with Crippen LogP contribution in [0.1, 0.15) is 0 Å². The summed E-state index contributed by atoms with van der Waals surface area (Å²) in [6.07, 6.45) is 0. The Balaban J connectivity index is 1.45. The predicted molar refractivity (Wildman–Crippen MR) is 197 cm³/mol. The number of para-hydroxylation sites is 3. The molecular formula is C43H27N5. The molecule has 0 aliphatic carbocycles. The van der Waals surface area contributed by atoms with Crippen molar-refractivity contribution in [3.63, 3.8) is 0 Å². The average molecular weight is 614 g/mol. The van der Waals surface area contributed by atoms with Crippen molar-refractivity contribution >= 4 is 54.4 Å². The molecule has 3 aromatic heterocycles. The number of fused-ring (bicyclic) bond motifs is 10. The summed E-state index contributed by atoms with van der Waals surface area (Å²) in [5.41, 5.74) is 7.44. The van der Waals surface area contributed by atoms with E-state index in [0.29, 0.717) is 17.6 Å². The van der Waals surface area contributed by atoms with E-state index in [1.807, 2.05) is 36.4 Å². The second-order valence-corrected chi connectivity index (χ2v) is 12.0. The zero-order valence-corrected chi connectivity index (χ0v) is 25.8. The molecule has 0 N–H and O–H groups in total. The Morgan fingerprint density at radius 1 is 0.333 bits per heavy atom. The van der Waals surface area contributed by atoms with Gasteiger partial charge in [-0.3, -0.25) is 4.57 Å². The molecule has 0 aliphatic heterocycles. The van der Waals surface area contributed by atoms with Crippen molar-refractivity contribution in [2.75, 3.05) is 0 Å². The van der Waals surface area contributed by atoms with Gasteiger partial charge in [-0.2, -0.15) is 9.97 Å². The van der Waals surface area contributed by atoms with Crippen LogP contribution in [0.15, 0.2) is 164 Å². The van der Waals surface area contributed by atoms with E-state index in [0.717, 1.165) is 44.3 Å². The molecule has 0 fully saturated rings. The van der Waals surface area contributed by atoms with Crippen LogP contribution in [-0.4, -0.2) is 24.1 Å². The average Bonchev–Trinajstić information content (AvgIpc) is 3.70. The predicted octanol–water partition coefficient (Wildman–Crippen LogP) is 10.6. The van der Waals surface area contributed by atoms with Crippen LogP contribution >= 0.6 is 0 Å². The van der Waals surface area contributed by atoms with Gasteiger partial charge in [0.1, 0.15) is 0 Å². The minimum absolute atomic E-state index is 0.585. The van der Waals surface area contributed by atoms with E-state index in [4.69, 9.17) is 15.0 Å². The summed E-state index contributed by atoms with van der Waals surface area (Å²) in [6.45, 7) is 0. The molecule has 0 radical (unpaired) electrons. The quantitative estimate of drug-likeness (QED) is 0.198. The molecule has 48 heavy (non-hydrogen) atoms. The van der Waals surface area contributed by atoms with E-state index in [1.54, 1.807) is 0 Å². The van der Waals surface area contributed by atoms with E-state index >= 15 is 0 Å². The molecule has 0 saturated heterocycles. The van der Waals surface area contributed by atoms with Gasteiger partial charge in [0.2, 0.25) is 5.95 Å². The molecule has 0 atom stereocenters. The lowest BCUT2D eigenvalue weighted by Crippen LogP contribution is -2.06. The molecule has 10 aromatic rings. The zero-order chi connectivity index (χ0) is 31.6. The fourth-order valence-electron chi connectivity index (χ4n) is 7.34. The van der Waals surface area contributed by atoms with E-state index < -0.39 is 0 Å². The van der Waals surface area contributed by atoms with Crippen LogP contribution in [0.25, 0.3) is 88.8 Å². The maximum atomic E-state index is 5.24. The summed E-state index contributed by atoms with van der Waals surface area (Å²) in [5, 5.41) is 7.08. The Kier molecular flexibility index (Phi) is 5.81. The molecule has 0 unspecified atom stereocenters. The molecule has 10 rings (SSSR count). The number of hydrogen-bond acceptors (Lipinski definition) is 3. The number of hydrogen-bond donors (Lipinski definition) is 0. The van der Waals surface area contributed by atoms with Gasteiger partial charge in [-0.05, 0) is 29.7 Å². The van der Waals surface area contributed by atoms with Gasteiger partial charge in [0, 0.05) is 43.7 Å². The third-order valence-electron chi connectivity index (χ3n) is 9.34. The summed E-state index contributed by atoms with van der Waals surface area (Å²) < 4.78 is 4.68. The first-order valence-electron chi connectivity index (χ1n) is 16.1. The van der Waals surface area contributed by atoms with Gasteiger partial charge < -0.3 is 4.57 Å². The maximum absolute atomic E-state index is 5.24. The van der Waals surface area contributed by atoms with Crippen LogP contribution in [-0.2, 0) is 0 Å². The second-order valence-electron chi connectivity index (χ2n) is 12.0. The van der Waals surface area contributed by atoms with Gasteiger partial charge in [0.25, 0.3) is 0 Å². The van der Waals surface area contributed by atoms with Crippen molar-refractivity contribution in [3.05, 3.63) is 164 Å². The maximum Gasteiger partial charge on any atom is 0.238 e. The Labute approximate surface area is 276 Å². The van der Waals surface area contributed by atoms with Crippen molar-refractivity contribution in [1.29, 1.82) is 0 Å². The monoisotopic (exact) mass is 613 g/mol. The summed E-state index contributed by atoms with van der Waals surface area (Å²) in [7, 11) is 0. The first-order valence-corrected chi connectivity index (χ1v) is 16.1. The Morgan fingerprint density at radius 3 is 1.40 bits per heavy atom. The highest BCUT2D eigenvalue weighted by molar-refractivity contribution is 6.36. The molecule has 0 aliphatic rings. The minimum atomic E-state index is 0.585. The third-order valence-corrected chi connectivity index (χ3v) is 9.34. The third kappa shape index (κ3) is 3.88. The van der Waals surface area contributed by atoms with Crippen molar-refractivity contribution in [2.45, 2.75) is 0 Å². The highest BCUT2D eigenvalue weighted by atomic mass is 15.2. The van der Waals surface area contributed by atoms with Crippen LogP contribution in [0.2, 0.25) is 0 Å². The highest BCUT2D eigenvalue weighted by Crippen LogP contribution is 2.46. The standard InChI is InChI=1S/C43H27N5/c1-4-16-28(17-5-1)41-44-42(29-18-6-2-7-19-29)46-43(45-41)48-36-27-15-12-24-33(36)37-31-22-10-11-23-32(31)39-38(40(37)48)34-25-13-14-26-35(34)47(39)30-20-8-3-9-21-30/h1-27H. The van der Waals surface area contributed by atoms with Crippen LogP contribution in [0.3, 0.4) is 0 Å². The lowest BCUT2D eigenvalue weighted by Gasteiger charge is -2.13. The highest BCUT2D eigenvalue weighted by Gasteiger charge is 2.25. The van der Waals surface area contributed by atoms with Crippen molar-refractivity contribution in [3.8, 4) is 34.4 Å². The van der Waals surface area contributed by atoms with Gasteiger partial charge >= 0.3 is 0 Å². The van der Waals surface area contributed by atoms with E-state index in [1.165, 1.54) is 26.9 Å². The van der Waals surface area contributed by atoms with Crippen LogP contribution in [0, 0.1) is 0 Å². The molecule has 5 heteroatoms.